The molecule has 0 N–H and O–H groups in total. The van der Waals surface area contributed by atoms with E-state index in [0.29, 0.717) is 0 Å². The van der Waals surface area contributed by atoms with Gasteiger partial charge in [0, 0.05) is 24.4 Å². The third-order valence-electron chi connectivity index (χ3n) is 8.42. The van der Waals surface area contributed by atoms with Crippen molar-refractivity contribution in [2.75, 3.05) is 0 Å². The van der Waals surface area contributed by atoms with Crippen LogP contribution in [0.5, 0.6) is 0 Å². The molecule has 1 aliphatic carbocycles. The van der Waals surface area contributed by atoms with E-state index in [0.717, 1.165) is 35.4 Å². The monoisotopic (exact) mass is 536 g/mol. The SMILES string of the molecule is C1=CCc2cc(-c3cc4c(c(-c5ccc(-c6cccnc6)cc5)c3)N=C(c3ccccc3)C4)c3ccccc3c2C=C1. The number of pyridine rings is 1. The Hall–Kier alpha value is -5.34. The smallest absolute Gasteiger partial charge is 0.0748 e. The van der Waals surface area contributed by atoms with Crippen molar-refractivity contribution in [3.8, 4) is 33.4 Å². The van der Waals surface area contributed by atoms with E-state index in [4.69, 9.17) is 4.99 Å². The average Bonchev–Trinajstić information content (AvgIpc) is 3.35. The van der Waals surface area contributed by atoms with Crippen LogP contribution >= 0.6 is 0 Å². The summed E-state index contributed by atoms with van der Waals surface area (Å²) >= 11 is 0. The number of benzene rings is 5. The molecule has 0 unspecified atom stereocenters. The van der Waals surface area contributed by atoms with E-state index in [9.17, 15) is 0 Å². The van der Waals surface area contributed by atoms with Crippen LogP contribution in [0.25, 0.3) is 50.2 Å². The second-order valence-corrected chi connectivity index (χ2v) is 11.0. The van der Waals surface area contributed by atoms with Gasteiger partial charge in [0.05, 0.1) is 11.4 Å². The molecule has 8 rings (SSSR count). The van der Waals surface area contributed by atoms with E-state index in [1.807, 2.05) is 18.5 Å². The van der Waals surface area contributed by atoms with E-state index in [2.05, 4.69) is 132 Å². The number of nitrogens with zero attached hydrogens (tertiary/aromatic N) is 2. The standard InChI is InChI=1S/C40H28N2/c1-3-10-29(11-4-1)39-25-33-22-32(37-23-30-12-5-2-6-14-34(30)35-15-7-8-16-36(35)37)24-38(40(33)42-39)28-19-17-27(18-20-28)31-13-9-21-41-26-31/h1-11,13-24,26H,12,25H2. The average molecular weight is 537 g/mol. The molecule has 42 heavy (non-hydrogen) atoms. The summed E-state index contributed by atoms with van der Waals surface area (Å²) in [4.78, 5) is 9.55. The Bertz CT molecular complexity index is 2050. The maximum atomic E-state index is 5.25. The lowest BCUT2D eigenvalue weighted by Crippen LogP contribution is -1.99. The van der Waals surface area contributed by atoms with Gasteiger partial charge in [-0.15, -0.1) is 0 Å². The van der Waals surface area contributed by atoms with Crippen LogP contribution in [0, 0.1) is 0 Å². The molecule has 2 heteroatoms. The lowest BCUT2D eigenvalue weighted by Gasteiger charge is -2.17. The molecule has 1 aliphatic heterocycles. The molecule has 2 heterocycles. The topological polar surface area (TPSA) is 25.2 Å². The maximum Gasteiger partial charge on any atom is 0.0748 e. The molecular weight excluding hydrogens is 508 g/mol. The molecule has 2 nitrogen and oxygen atoms in total. The van der Waals surface area contributed by atoms with Gasteiger partial charge in [0.1, 0.15) is 0 Å². The maximum absolute atomic E-state index is 5.25. The number of fused-ring (bicyclic) bond motifs is 4. The summed E-state index contributed by atoms with van der Waals surface area (Å²) in [6, 6.07) is 39.4. The van der Waals surface area contributed by atoms with Gasteiger partial charge in [-0.3, -0.25) is 9.98 Å². The predicted molar refractivity (Wildman–Crippen MR) is 176 cm³/mol. The molecule has 0 atom stereocenters. The summed E-state index contributed by atoms with van der Waals surface area (Å²) in [6.45, 7) is 0. The number of hydrogen-bond acceptors (Lipinski definition) is 2. The Morgan fingerprint density at radius 2 is 1.33 bits per heavy atom. The number of aromatic nitrogens is 1. The van der Waals surface area contributed by atoms with Crippen LogP contribution in [0.2, 0.25) is 0 Å². The first-order valence-corrected chi connectivity index (χ1v) is 14.5. The molecule has 0 spiro atoms. The molecule has 0 saturated carbocycles. The summed E-state index contributed by atoms with van der Waals surface area (Å²) in [5.41, 5.74) is 14.5. The van der Waals surface area contributed by atoms with E-state index >= 15 is 0 Å². The number of aliphatic imine (C=N–C) groups is 1. The summed E-state index contributed by atoms with van der Waals surface area (Å²) in [5, 5.41) is 2.58. The molecule has 198 valence electrons. The van der Waals surface area contributed by atoms with E-state index in [1.165, 1.54) is 55.3 Å². The molecule has 1 aromatic heterocycles. The van der Waals surface area contributed by atoms with Crippen LogP contribution < -0.4 is 0 Å². The van der Waals surface area contributed by atoms with Crippen molar-refractivity contribution in [3.63, 3.8) is 0 Å². The van der Waals surface area contributed by atoms with E-state index in [1.54, 1.807) is 0 Å². The molecule has 5 aromatic carbocycles. The number of hydrogen-bond donors (Lipinski definition) is 0. The third-order valence-corrected chi connectivity index (χ3v) is 8.42. The lowest BCUT2D eigenvalue weighted by molar-refractivity contribution is 1.28. The highest BCUT2D eigenvalue weighted by Gasteiger charge is 2.23. The number of rotatable bonds is 4. The van der Waals surface area contributed by atoms with Crippen LogP contribution in [0.1, 0.15) is 22.3 Å². The zero-order valence-electron chi connectivity index (χ0n) is 23.2. The first-order chi connectivity index (χ1) is 20.8. The van der Waals surface area contributed by atoms with Crippen molar-refractivity contribution in [2.45, 2.75) is 12.8 Å². The Balaban J connectivity index is 1.32. The van der Waals surface area contributed by atoms with Gasteiger partial charge in [-0.2, -0.15) is 0 Å². The number of allylic oxidation sites excluding steroid dienone is 3. The second kappa shape index (κ2) is 10.2. The fourth-order valence-corrected chi connectivity index (χ4v) is 6.35. The first-order valence-electron chi connectivity index (χ1n) is 14.5. The predicted octanol–water partition coefficient (Wildman–Crippen LogP) is 10.0. The van der Waals surface area contributed by atoms with Crippen molar-refractivity contribution in [1.82, 2.24) is 4.98 Å². The van der Waals surface area contributed by atoms with Gasteiger partial charge in [0.25, 0.3) is 0 Å². The van der Waals surface area contributed by atoms with Gasteiger partial charge in [-0.25, -0.2) is 0 Å². The van der Waals surface area contributed by atoms with Gasteiger partial charge in [-0.05, 0) is 91.5 Å². The highest BCUT2D eigenvalue weighted by Crippen LogP contribution is 2.44. The Morgan fingerprint density at radius 3 is 2.17 bits per heavy atom. The van der Waals surface area contributed by atoms with Crippen molar-refractivity contribution < 1.29 is 0 Å². The van der Waals surface area contributed by atoms with Crippen LogP contribution in [0.15, 0.2) is 145 Å². The van der Waals surface area contributed by atoms with Crippen LogP contribution in [-0.2, 0) is 12.8 Å². The Kier molecular flexibility index (Phi) is 5.97. The highest BCUT2D eigenvalue weighted by molar-refractivity contribution is 6.10. The second-order valence-electron chi connectivity index (χ2n) is 11.0. The Labute approximate surface area is 246 Å². The normalized spacial score (nSPS) is 13.5. The van der Waals surface area contributed by atoms with Gasteiger partial charge >= 0.3 is 0 Å². The molecule has 0 fully saturated rings. The highest BCUT2D eigenvalue weighted by atomic mass is 14.8. The minimum absolute atomic E-state index is 0.822. The Morgan fingerprint density at radius 1 is 0.548 bits per heavy atom. The van der Waals surface area contributed by atoms with Crippen molar-refractivity contribution in [1.29, 1.82) is 0 Å². The van der Waals surface area contributed by atoms with Gasteiger partial charge < -0.3 is 0 Å². The minimum atomic E-state index is 0.822. The fraction of sp³-hybridized carbons (Fsp3) is 0.0500. The molecular formula is C40H28N2. The quantitative estimate of drug-likeness (QED) is 0.220. The van der Waals surface area contributed by atoms with Gasteiger partial charge in [0.15, 0.2) is 0 Å². The van der Waals surface area contributed by atoms with Crippen LogP contribution in [0.4, 0.5) is 5.69 Å². The summed E-state index contributed by atoms with van der Waals surface area (Å²) in [7, 11) is 0. The van der Waals surface area contributed by atoms with E-state index in [-0.39, 0.29) is 0 Å². The molecule has 2 aliphatic rings. The van der Waals surface area contributed by atoms with Crippen LogP contribution in [-0.4, -0.2) is 10.7 Å². The van der Waals surface area contributed by atoms with Crippen molar-refractivity contribution in [3.05, 3.63) is 162 Å². The molecule has 0 bridgehead atoms. The van der Waals surface area contributed by atoms with Crippen molar-refractivity contribution in [2.24, 2.45) is 4.99 Å². The summed E-state index contributed by atoms with van der Waals surface area (Å²) in [6.07, 6.45) is 14.3. The van der Waals surface area contributed by atoms with E-state index < -0.39 is 0 Å². The summed E-state index contributed by atoms with van der Waals surface area (Å²) < 4.78 is 0. The zero-order chi connectivity index (χ0) is 27.9. The fourth-order valence-electron chi connectivity index (χ4n) is 6.35. The van der Waals surface area contributed by atoms with Gasteiger partial charge in [0.2, 0.25) is 0 Å². The van der Waals surface area contributed by atoms with Crippen LogP contribution in [0.3, 0.4) is 0 Å². The zero-order valence-corrected chi connectivity index (χ0v) is 23.2. The lowest BCUT2D eigenvalue weighted by atomic mass is 9.87. The summed E-state index contributed by atoms with van der Waals surface area (Å²) in [5.74, 6) is 0. The third kappa shape index (κ3) is 4.29. The van der Waals surface area contributed by atoms with Crippen molar-refractivity contribution >= 4 is 28.2 Å². The molecule has 0 amide bonds. The largest absolute Gasteiger partial charge is 0.264 e. The molecule has 6 aromatic rings. The molecule has 0 radical (unpaired) electrons. The van der Waals surface area contributed by atoms with Gasteiger partial charge in [-0.1, -0.05) is 109 Å². The molecule has 0 saturated heterocycles. The first kappa shape index (κ1) is 24.5. The minimum Gasteiger partial charge on any atom is -0.264 e.